The number of hydrogen-bond donors (Lipinski definition) is 1. The zero-order valence-electron chi connectivity index (χ0n) is 10.2. The fraction of sp³-hybridized carbons (Fsp3) is 0.214. The third-order valence-corrected chi connectivity index (χ3v) is 3.24. The molecule has 0 saturated carbocycles. The molecule has 2 rings (SSSR count). The number of hydrogen-bond acceptors (Lipinski definition) is 3. The van der Waals surface area contributed by atoms with Gasteiger partial charge < -0.3 is 10.1 Å². The number of nitrogens with one attached hydrogen (secondary N) is 1. The average Bonchev–Trinajstić information content (AvgIpc) is 2.40. The number of methoxy groups -OCH3 is 1. The summed E-state index contributed by atoms with van der Waals surface area (Å²) in [6.45, 7) is 0.710. The van der Waals surface area contributed by atoms with Gasteiger partial charge >= 0.3 is 0 Å². The maximum absolute atomic E-state index is 5.12. The fourth-order valence-corrected chi connectivity index (χ4v) is 2.03. The van der Waals surface area contributed by atoms with E-state index in [0.29, 0.717) is 6.61 Å². The molecule has 0 radical (unpaired) electrons. The maximum Gasteiger partial charge on any atom is 0.144 e. The van der Waals surface area contributed by atoms with Crippen LogP contribution in [0.3, 0.4) is 0 Å². The number of pyridine rings is 1. The van der Waals surface area contributed by atoms with Crippen LogP contribution in [0.5, 0.6) is 0 Å². The molecule has 2 aromatic rings. The first kappa shape index (κ1) is 13.1. The third-order valence-electron chi connectivity index (χ3n) is 2.60. The molecule has 0 fully saturated rings. The normalized spacial score (nSPS) is 10.3. The van der Waals surface area contributed by atoms with E-state index in [9.17, 15) is 0 Å². The van der Waals surface area contributed by atoms with Crippen LogP contribution >= 0.6 is 15.9 Å². The molecule has 1 aromatic carbocycles. The molecule has 94 valence electrons. The van der Waals surface area contributed by atoms with Crippen molar-refractivity contribution in [3.05, 3.63) is 52.6 Å². The lowest BCUT2D eigenvalue weighted by Crippen LogP contribution is -2.01. The summed E-state index contributed by atoms with van der Waals surface area (Å²) in [7, 11) is 1.71. The van der Waals surface area contributed by atoms with Gasteiger partial charge in [-0.25, -0.2) is 4.98 Å². The van der Waals surface area contributed by atoms with E-state index in [2.05, 4.69) is 32.3 Å². The molecule has 1 heterocycles. The Morgan fingerprint density at radius 1 is 1.22 bits per heavy atom. The first-order chi connectivity index (χ1) is 8.81. The number of benzene rings is 1. The molecule has 1 N–H and O–H groups in total. The predicted molar refractivity (Wildman–Crippen MR) is 77.2 cm³/mol. The number of nitrogens with zero attached hydrogens (tertiary/aromatic N) is 1. The van der Waals surface area contributed by atoms with E-state index >= 15 is 0 Å². The highest BCUT2D eigenvalue weighted by Gasteiger charge is 2.05. The van der Waals surface area contributed by atoms with Gasteiger partial charge in [0, 0.05) is 19.0 Å². The second-order valence-corrected chi connectivity index (χ2v) is 4.71. The first-order valence-electron chi connectivity index (χ1n) is 5.75. The van der Waals surface area contributed by atoms with Crippen LogP contribution in [0.25, 0.3) is 0 Å². The van der Waals surface area contributed by atoms with Crippen molar-refractivity contribution in [1.29, 1.82) is 0 Å². The molecule has 0 atom stereocenters. The van der Waals surface area contributed by atoms with Gasteiger partial charge in [-0.15, -0.1) is 0 Å². The minimum absolute atomic E-state index is 0.710. The second-order valence-electron chi connectivity index (χ2n) is 3.86. The van der Waals surface area contributed by atoms with Crippen LogP contribution in [0, 0.1) is 0 Å². The summed E-state index contributed by atoms with van der Waals surface area (Å²) >= 11 is 3.48. The smallest absolute Gasteiger partial charge is 0.144 e. The number of anilines is 2. The zero-order valence-corrected chi connectivity index (χ0v) is 11.8. The number of ether oxygens (including phenoxy) is 1. The molecule has 0 aliphatic heterocycles. The lowest BCUT2D eigenvalue weighted by atomic mass is 10.1. The Balaban J connectivity index is 2.21. The van der Waals surface area contributed by atoms with Gasteiger partial charge in [-0.2, -0.15) is 0 Å². The molecule has 0 saturated heterocycles. The number of halogens is 1. The van der Waals surface area contributed by atoms with Crippen LogP contribution in [0.4, 0.5) is 11.5 Å². The van der Waals surface area contributed by atoms with Gasteiger partial charge in [0.2, 0.25) is 0 Å². The van der Waals surface area contributed by atoms with E-state index in [1.807, 2.05) is 30.3 Å². The summed E-state index contributed by atoms with van der Waals surface area (Å²) in [4.78, 5) is 4.31. The summed E-state index contributed by atoms with van der Waals surface area (Å²) in [6.07, 6.45) is 2.65. The molecule has 0 aliphatic carbocycles. The maximum atomic E-state index is 5.12. The largest absolute Gasteiger partial charge is 0.384 e. The highest BCUT2D eigenvalue weighted by atomic mass is 79.9. The number of para-hydroxylation sites is 1. The van der Waals surface area contributed by atoms with Crippen LogP contribution in [0.15, 0.2) is 47.1 Å². The Morgan fingerprint density at radius 3 is 2.83 bits per heavy atom. The monoisotopic (exact) mass is 306 g/mol. The fourth-order valence-electron chi connectivity index (χ4n) is 1.68. The topological polar surface area (TPSA) is 34.1 Å². The van der Waals surface area contributed by atoms with Gasteiger partial charge in [-0.05, 0) is 46.1 Å². The Hall–Kier alpha value is -1.39. The van der Waals surface area contributed by atoms with Crippen molar-refractivity contribution in [2.24, 2.45) is 0 Å². The van der Waals surface area contributed by atoms with Crippen LogP contribution < -0.4 is 5.32 Å². The second kappa shape index (κ2) is 6.52. The van der Waals surface area contributed by atoms with Gasteiger partial charge in [-0.1, -0.05) is 18.2 Å². The van der Waals surface area contributed by atoms with Gasteiger partial charge in [0.15, 0.2) is 0 Å². The molecule has 0 amide bonds. The van der Waals surface area contributed by atoms with E-state index in [-0.39, 0.29) is 0 Å². The van der Waals surface area contributed by atoms with Crippen molar-refractivity contribution in [2.75, 3.05) is 19.0 Å². The number of aromatic nitrogens is 1. The summed E-state index contributed by atoms with van der Waals surface area (Å²) in [5.74, 6) is 0.822. The van der Waals surface area contributed by atoms with Crippen molar-refractivity contribution >= 4 is 27.4 Å². The molecule has 0 aliphatic rings. The molecule has 4 heteroatoms. The average molecular weight is 307 g/mol. The summed E-state index contributed by atoms with van der Waals surface area (Å²) in [5, 5.41) is 3.34. The SMILES string of the molecule is COCCc1ccccc1Nc1ncccc1Br. The highest BCUT2D eigenvalue weighted by molar-refractivity contribution is 9.10. The quantitative estimate of drug-likeness (QED) is 0.913. The first-order valence-corrected chi connectivity index (χ1v) is 6.55. The minimum atomic E-state index is 0.710. The van der Waals surface area contributed by atoms with Gasteiger partial charge in [0.1, 0.15) is 5.82 Å². The molecule has 1 aromatic heterocycles. The lowest BCUT2D eigenvalue weighted by Gasteiger charge is -2.12. The summed E-state index contributed by atoms with van der Waals surface area (Å²) in [5.41, 5.74) is 2.28. The zero-order chi connectivity index (χ0) is 12.8. The van der Waals surface area contributed by atoms with Crippen LogP contribution in [-0.4, -0.2) is 18.7 Å². The molecule has 18 heavy (non-hydrogen) atoms. The summed E-state index contributed by atoms with van der Waals surface area (Å²) < 4.78 is 6.07. The molecule has 0 unspecified atom stereocenters. The molecule has 3 nitrogen and oxygen atoms in total. The van der Waals surface area contributed by atoms with Gasteiger partial charge in [0.25, 0.3) is 0 Å². The Bertz CT molecular complexity index is 517. The summed E-state index contributed by atoms with van der Waals surface area (Å²) in [6, 6.07) is 12.0. The lowest BCUT2D eigenvalue weighted by molar-refractivity contribution is 0.202. The Morgan fingerprint density at radius 2 is 2.06 bits per heavy atom. The molecule has 0 spiro atoms. The molecular weight excluding hydrogens is 292 g/mol. The van der Waals surface area contributed by atoms with E-state index < -0.39 is 0 Å². The minimum Gasteiger partial charge on any atom is -0.384 e. The van der Waals surface area contributed by atoms with Crippen molar-refractivity contribution in [3.63, 3.8) is 0 Å². The van der Waals surface area contributed by atoms with Gasteiger partial charge in [0.05, 0.1) is 11.1 Å². The molecular formula is C14H15BrN2O. The van der Waals surface area contributed by atoms with E-state index in [0.717, 1.165) is 22.4 Å². The third kappa shape index (κ3) is 3.31. The Kier molecular flexibility index (Phi) is 4.73. The highest BCUT2D eigenvalue weighted by Crippen LogP contribution is 2.25. The number of rotatable bonds is 5. The van der Waals surface area contributed by atoms with E-state index in [4.69, 9.17) is 4.74 Å². The van der Waals surface area contributed by atoms with Crippen molar-refractivity contribution in [3.8, 4) is 0 Å². The molecule has 0 bridgehead atoms. The van der Waals surface area contributed by atoms with Crippen LogP contribution in [0.1, 0.15) is 5.56 Å². The van der Waals surface area contributed by atoms with Crippen molar-refractivity contribution in [2.45, 2.75) is 6.42 Å². The van der Waals surface area contributed by atoms with Crippen molar-refractivity contribution in [1.82, 2.24) is 4.98 Å². The van der Waals surface area contributed by atoms with Gasteiger partial charge in [-0.3, -0.25) is 0 Å². The van der Waals surface area contributed by atoms with E-state index in [1.54, 1.807) is 13.3 Å². The predicted octanol–water partition coefficient (Wildman–Crippen LogP) is 3.78. The standard InChI is InChI=1S/C14H15BrN2O/c1-18-10-8-11-5-2-3-7-13(11)17-14-12(15)6-4-9-16-14/h2-7,9H,8,10H2,1H3,(H,16,17). The van der Waals surface area contributed by atoms with E-state index in [1.165, 1.54) is 5.56 Å². The van der Waals surface area contributed by atoms with Crippen LogP contribution in [-0.2, 0) is 11.2 Å². The Labute approximate surface area is 115 Å². The van der Waals surface area contributed by atoms with Crippen molar-refractivity contribution < 1.29 is 4.74 Å². The van der Waals surface area contributed by atoms with Crippen LogP contribution in [0.2, 0.25) is 0 Å².